The van der Waals surface area contributed by atoms with Gasteiger partial charge < -0.3 is 19.9 Å². The minimum Gasteiger partial charge on any atom is -0.495 e. The molecule has 0 aliphatic carbocycles. The van der Waals surface area contributed by atoms with Crippen LogP contribution in [0.1, 0.15) is 5.69 Å². The molecule has 0 unspecified atom stereocenters. The zero-order valence-corrected chi connectivity index (χ0v) is 13.9. The van der Waals surface area contributed by atoms with Gasteiger partial charge in [0.2, 0.25) is 12.4 Å². The number of hydrogen-bond acceptors (Lipinski definition) is 6. The van der Waals surface area contributed by atoms with Gasteiger partial charge >= 0.3 is 0 Å². The van der Waals surface area contributed by atoms with E-state index in [1.807, 2.05) is 37.3 Å². The van der Waals surface area contributed by atoms with Crippen molar-refractivity contribution in [3.05, 3.63) is 36.0 Å². The summed E-state index contributed by atoms with van der Waals surface area (Å²) in [7, 11) is 1.63. The van der Waals surface area contributed by atoms with Gasteiger partial charge in [0, 0.05) is 37.9 Å². The molecule has 7 heteroatoms. The SMILES string of the molecule is COc1ccccc1Nc1nc(C)cc(N2CCN(C=O)CC2)n1. The molecule has 2 heterocycles. The van der Waals surface area contributed by atoms with E-state index in [4.69, 9.17) is 4.74 Å². The number of piperazine rings is 1. The van der Waals surface area contributed by atoms with Crippen LogP contribution < -0.4 is 15.0 Å². The number of hydrogen-bond donors (Lipinski definition) is 1. The third-order valence-corrected chi connectivity index (χ3v) is 3.98. The van der Waals surface area contributed by atoms with Crippen molar-refractivity contribution < 1.29 is 9.53 Å². The van der Waals surface area contributed by atoms with Gasteiger partial charge in [0.1, 0.15) is 11.6 Å². The first-order valence-electron chi connectivity index (χ1n) is 7.89. The molecular weight excluding hydrogens is 306 g/mol. The van der Waals surface area contributed by atoms with E-state index in [-0.39, 0.29) is 0 Å². The highest BCUT2D eigenvalue weighted by molar-refractivity contribution is 5.63. The maximum Gasteiger partial charge on any atom is 0.229 e. The highest BCUT2D eigenvalue weighted by Crippen LogP contribution is 2.26. The number of nitrogens with zero attached hydrogens (tertiary/aromatic N) is 4. The summed E-state index contributed by atoms with van der Waals surface area (Å²) < 4.78 is 5.35. The summed E-state index contributed by atoms with van der Waals surface area (Å²) in [5, 5.41) is 3.22. The van der Waals surface area contributed by atoms with E-state index in [1.165, 1.54) is 0 Å². The average molecular weight is 327 g/mol. The molecule has 0 spiro atoms. The highest BCUT2D eigenvalue weighted by Gasteiger charge is 2.18. The number of methoxy groups -OCH3 is 1. The first-order valence-corrected chi connectivity index (χ1v) is 7.89. The van der Waals surface area contributed by atoms with Crippen molar-refractivity contribution >= 4 is 23.9 Å². The molecular formula is C17H21N5O2. The van der Waals surface area contributed by atoms with Crippen LogP contribution >= 0.6 is 0 Å². The number of rotatable bonds is 5. The Kier molecular flexibility index (Phi) is 4.79. The topological polar surface area (TPSA) is 70.6 Å². The van der Waals surface area contributed by atoms with Crippen molar-refractivity contribution in [1.82, 2.24) is 14.9 Å². The lowest BCUT2D eigenvalue weighted by Gasteiger charge is -2.33. The van der Waals surface area contributed by atoms with Crippen LogP contribution in [0.3, 0.4) is 0 Å². The number of aryl methyl sites for hydroxylation is 1. The molecule has 1 N–H and O–H groups in total. The van der Waals surface area contributed by atoms with Crippen molar-refractivity contribution in [1.29, 1.82) is 0 Å². The standard InChI is InChI=1S/C17H21N5O2/c1-13-11-16(22-9-7-21(12-23)8-10-22)20-17(18-13)19-14-5-3-4-6-15(14)24-2/h3-6,11-12H,7-10H2,1-2H3,(H,18,19,20). The van der Waals surface area contributed by atoms with Crippen LogP contribution in [0, 0.1) is 6.92 Å². The Labute approximate surface area is 141 Å². The molecule has 0 radical (unpaired) electrons. The van der Waals surface area contributed by atoms with Crippen LogP contribution in [0.5, 0.6) is 5.75 Å². The monoisotopic (exact) mass is 327 g/mol. The first kappa shape index (κ1) is 16.0. The number of carbonyl (C=O) groups is 1. The number of benzene rings is 1. The van der Waals surface area contributed by atoms with E-state index in [2.05, 4.69) is 20.2 Å². The maximum absolute atomic E-state index is 10.8. The molecule has 1 aromatic carbocycles. The van der Waals surface area contributed by atoms with E-state index < -0.39 is 0 Å². The Bertz CT molecular complexity index is 714. The average Bonchev–Trinajstić information content (AvgIpc) is 2.62. The molecule has 1 aliphatic rings. The molecule has 0 saturated carbocycles. The van der Waals surface area contributed by atoms with Crippen LogP contribution in [-0.2, 0) is 4.79 Å². The summed E-state index contributed by atoms with van der Waals surface area (Å²) in [6.07, 6.45) is 0.900. The van der Waals surface area contributed by atoms with Crippen molar-refractivity contribution in [2.24, 2.45) is 0 Å². The van der Waals surface area contributed by atoms with Gasteiger partial charge in [-0.2, -0.15) is 4.98 Å². The largest absolute Gasteiger partial charge is 0.495 e. The summed E-state index contributed by atoms with van der Waals surface area (Å²) >= 11 is 0. The van der Waals surface area contributed by atoms with Gasteiger partial charge in [-0.15, -0.1) is 0 Å². The maximum atomic E-state index is 10.8. The normalized spacial score (nSPS) is 14.4. The van der Waals surface area contributed by atoms with Crippen LogP contribution in [-0.4, -0.2) is 54.6 Å². The third kappa shape index (κ3) is 3.56. The van der Waals surface area contributed by atoms with Gasteiger partial charge in [0.15, 0.2) is 0 Å². The van der Waals surface area contributed by atoms with Crippen molar-refractivity contribution in [2.45, 2.75) is 6.92 Å². The lowest BCUT2D eigenvalue weighted by molar-refractivity contribution is -0.118. The highest BCUT2D eigenvalue weighted by atomic mass is 16.5. The van der Waals surface area contributed by atoms with Gasteiger partial charge in [0.25, 0.3) is 0 Å². The van der Waals surface area contributed by atoms with Gasteiger partial charge in [-0.3, -0.25) is 4.79 Å². The lowest BCUT2D eigenvalue weighted by atomic mass is 10.3. The van der Waals surface area contributed by atoms with Crippen LogP contribution in [0.25, 0.3) is 0 Å². The molecule has 1 aromatic heterocycles. The molecule has 1 aliphatic heterocycles. The van der Waals surface area contributed by atoms with Crippen molar-refractivity contribution in [2.75, 3.05) is 43.5 Å². The van der Waals surface area contributed by atoms with Crippen molar-refractivity contribution in [3.63, 3.8) is 0 Å². The van der Waals surface area contributed by atoms with Crippen LogP contribution in [0.4, 0.5) is 17.5 Å². The van der Waals surface area contributed by atoms with E-state index in [0.29, 0.717) is 19.0 Å². The number of nitrogens with one attached hydrogen (secondary N) is 1. The van der Waals surface area contributed by atoms with E-state index in [9.17, 15) is 4.79 Å². The quantitative estimate of drug-likeness (QED) is 0.845. The summed E-state index contributed by atoms with van der Waals surface area (Å²) in [5.74, 6) is 2.14. The predicted octanol–water partition coefficient (Wildman–Crippen LogP) is 1.82. The predicted molar refractivity (Wildman–Crippen MR) is 92.9 cm³/mol. The smallest absolute Gasteiger partial charge is 0.229 e. The Morgan fingerprint density at radius 2 is 1.92 bits per heavy atom. The number of anilines is 3. The molecule has 0 atom stereocenters. The summed E-state index contributed by atoms with van der Waals surface area (Å²) in [4.78, 5) is 23.9. The van der Waals surface area contributed by atoms with Gasteiger partial charge in [0.05, 0.1) is 12.8 Å². The Morgan fingerprint density at radius 3 is 2.62 bits per heavy atom. The number of aromatic nitrogens is 2. The van der Waals surface area contributed by atoms with Gasteiger partial charge in [-0.25, -0.2) is 4.98 Å². The van der Waals surface area contributed by atoms with Gasteiger partial charge in [-0.05, 0) is 19.1 Å². The van der Waals surface area contributed by atoms with E-state index >= 15 is 0 Å². The zero-order chi connectivity index (χ0) is 16.9. The molecule has 0 bridgehead atoms. The second-order valence-electron chi connectivity index (χ2n) is 5.64. The molecule has 126 valence electrons. The fourth-order valence-corrected chi connectivity index (χ4v) is 2.69. The second-order valence-corrected chi connectivity index (χ2v) is 5.64. The molecule has 1 amide bonds. The molecule has 24 heavy (non-hydrogen) atoms. The third-order valence-electron chi connectivity index (χ3n) is 3.98. The molecule has 7 nitrogen and oxygen atoms in total. The summed E-state index contributed by atoms with van der Waals surface area (Å²) in [6.45, 7) is 4.90. The van der Waals surface area contributed by atoms with Crippen molar-refractivity contribution in [3.8, 4) is 5.75 Å². The van der Waals surface area contributed by atoms with Crippen LogP contribution in [0.15, 0.2) is 30.3 Å². The number of ether oxygens (including phenoxy) is 1. The van der Waals surface area contributed by atoms with E-state index in [1.54, 1.807) is 12.0 Å². The Morgan fingerprint density at radius 1 is 1.17 bits per heavy atom. The summed E-state index contributed by atoms with van der Waals surface area (Å²) in [5.41, 5.74) is 1.71. The summed E-state index contributed by atoms with van der Waals surface area (Å²) in [6, 6.07) is 9.62. The number of amides is 1. The minimum absolute atomic E-state index is 0.535. The molecule has 1 fully saturated rings. The molecule has 3 rings (SSSR count). The number of para-hydroxylation sites is 2. The fourth-order valence-electron chi connectivity index (χ4n) is 2.69. The Hall–Kier alpha value is -2.83. The van der Waals surface area contributed by atoms with Gasteiger partial charge in [-0.1, -0.05) is 12.1 Å². The lowest BCUT2D eigenvalue weighted by Crippen LogP contribution is -2.46. The first-order chi connectivity index (χ1) is 11.7. The van der Waals surface area contributed by atoms with E-state index in [0.717, 1.165) is 42.4 Å². The second kappa shape index (κ2) is 7.16. The fraction of sp³-hybridized carbons (Fsp3) is 0.353. The molecule has 2 aromatic rings. The minimum atomic E-state index is 0.535. The molecule has 1 saturated heterocycles. The van der Waals surface area contributed by atoms with Crippen LogP contribution in [0.2, 0.25) is 0 Å². The number of carbonyl (C=O) groups excluding carboxylic acids is 1. The Balaban J connectivity index is 1.80. The zero-order valence-electron chi connectivity index (χ0n) is 13.9.